The van der Waals surface area contributed by atoms with Gasteiger partial charge in [0.2, 0.25) is 0 Å². The van der Waals surface area contributed by atoms with Crippen LogP contribution in [0.5, 0.6) is 5.75 Å². The summed E-state index contributed by atoms with van der Waals surface area (Å²) in [5.74, 6) is 0.759. The van der Waals surface area contributed by atoms with Crippen LogP contribution in [-0.4, -0.2) is 26.7 Å². The Labute approximate surface area is 99.5 Å². The maximum absolute atomic E-state index is 11.8. The first-order chi connectivity index (χ1) is 8.13. The third-order valence-electron chi connectivity index (χ3n) is 2.36. The molecule has 1 atom stereocenters. The SMILES string of the molecule is COc1ccc(C(N)CCOCC(F)F)cc1. The minimum atomic E-state index is -2.42. The van der Waals surface area contributed by atoms with E-state index in [4.69, 9.17) is 15.2 Å². The Morgan fingerprint density at radius 2 is 1.88 bits per heavy atom. The topological polar surface area (TPSA) is 44.5 Å². The Kier molecular flexibility index (Phi) is 5.86. The highest BCUT2D eigenvalue weighted by molar-refractivity contribution is 5.28. The lowest BCUT2D eigenvalue weighted by Crippen LogP contribution is -2.14. The van der Waals surface area contributed by atoms with Crippen molar-refractivity contribution in [3.63, 3.8) is 0 Å². The van der Waals surface area contributed by atoms with Crippen molar-refractivity contribution in [1.82, 2.24) is 0 Å². The smallest absolute Gasteiger partial charge is 0.261 e. The van der Waals surface area contributed by atoms with Crippen molar-refractivity contribution in [2.24, 2.45) is 5.73 Å². The molecule has 0 saturated carbocycles. The van der Waals surface area contributed by atoms with Gasteiger partial charge in [0.1, 0.15) is 12.4 Å². The Morgan fingerprint density at radius 1 is 1.24 bits per heavy atom. The molecule has 3 nitrogen and oxygen atoms in total. The summed E-state index contributed by atoms with van der Waals surface area (Å²) in [6.45, 7) is -0.299. The van der Waals surface area contributed by atoms with E-state index in [-0.39, 0.29) is 12.6 Å². The highest BCUT2D eigenvalue weighted by atomic mass is 19.3. The van der Waals surface area contributed by atoms with Crippen LogP contribution in [0.4, 0.5) is 8.78 Å². The number of nitrogens with two attached hydrogens (primary N) is 1. The van der Waals surface area contributed by atoms with Crippen LogP contribution in [0, 0.1) is 0 Å². The standard InChI is InChI=1S/C12H17F2NO2/c1-16-10-4-2-9(3-5-10)11(15)6-7-17-8-12(13)14/h2-5,11-12H,6-8,15H2,1H3. The first kappa shape index (κ1) is 13.9. The molecule has 0 bridgehead atoms. The summed E-state index contributed by atoms with van der Waals surface area (Å²) >= 11 is 0. The van der Waals surface area contributed by atoms with E-state index in [1.54, 1.807) is 7.11 Å². The number of halogens is 2. The monoisotopic (exact) mass is 245 g/mol. The quantitative estimate of drug-likeness (QED) is 0.750. The molecule has 0 aromatic heterocycles. The van der Waals surface area contributed by atoms with Gasteiger partial charge in [0.25, 0.3) is 6.43 Å². The molecular weight excluding hydrogens is 228 g/mol. The van der Waals surface area contributed by atoms with Crippen LogP contribution in [0.3, 0.4) is 0 Å². The third kappa shape index (κ3) is 5.10. The average molecular weight is 245 g/mol. The molecule has 0 aliphatic carbocycles. The number of alkyl halides is 2. The molecule has 0 fully saturated rings. The van der Waals surface area contributed by atoms with Crippen LogP contribution in [0.15, 0.2) is 24.3 Å². The molecule has 1 unspecified atom stereocenters. The second-order valence-corrected chi connectivity index (χ2v) is 3.63. The van der Waals surface area contributed by atoms with Gasteiger partial charge in [-0.2, -0.15) is 0 Å². The summed E-state index contributed by atoms with van der Waals surface area (Å²) in [6, 6.07) is 7.14. The van der Waals surface area contributed by atoms with E-state index in [0.29, 0.717) is 6.42 Å². The van der Waals surface area contributed by atoms with Gasteiger partial charge in [-0.15, -0.1) is 0 Å². The van der Waals surface area contributed by atoms with Gasteiger partial charge in [-0.25, -0.2) is 8.78 Å². The Hall–Kier alpha value is -1.20. The van der Waals surface area contributed by atoms with E-state index < -0.39 is 13.0 Å². The number of rotatable bonds is 7. The fraction of sp³-hybridized carbons (Fsp3) is 0.500. The van der Waals surface area contributed by atoms with E-state index in [1.807, 2.05) is 24.3 Å². The number of hydrogen-bond acceptors (Lipinski definition) is 3. The van der Waals surface area contributed by atoms with Gasteiger partial charge >= 0.3 is 0 Å². The average Bonchev–Trinajstić information content (AvgIpc) is 2.34. The third-order valence-corrected chi connectivity index (χ3v) is 2.36. The summed E-state index contributed by atoms with van der Waals surface area (Å²) in [7, 11) is 1.59. The van der Waals surface area contributed by atoms with E-state index in [1.165, 1.54) is 0 Å². The second-order valence-electron chi connectivity index (χ2n) is 3.63. The fourth-order valence-electron chi connectivity index (χ4n) is 1.40. The molecule has 0 heterocycles. The van der Waals surface area contributed by atoms with Crippen LogP contribution in [0.2, 0.25) is 0 Å². The summed E-state index contributed by atoms with van der Waals surface area (Å²) in [5.41, 5.74) is 6.83. The van der Waals surface area contributed by atoms with Crippen molar-refractivity contribution in [3.8, 4) is 5.75 Å². The zero-order valence-corrected chi connectivity index (χ0v) is 9.74. The maximum Gasteiger partial charge on any atom is 0.261 e. The molecule has 5 heteroatoms. The molecule has 1 aromatic rings. The highest BCUT2D eigenvalue weighted by Gasteiger charge is 2.07. The lowest BCUT2D eigenvalue weighted by Gasteiger charge is -2.12. The molecule has 0 spiro atoms. The molecule has 17 heavy (non-hydrogen) atoms. The normalized spacial score (nSPS) is 12.8. The molecule has 2 N–H and O–H groups in total. The predicted molar refractivity (Wildman–Crippen MR) is 61.4 cm³/mol. The Balaban J connectivity index is 2.33. The highest BCUT2D eigenvalue weighted by Crippen LogP contribution is 2.18. The molecule has 0 saturated heterocycles. The van der Waals surface area contributed by atoms with Crippen molar-refractivity contribution in [2.75, 3.05) is 20.3 Å². The number of methoxy groups -OCH3 is 1. The van der Waals surface area contributed by atoms with Gasteiger partial charge in [0.15, 0.2) is 0 Å². The van der Waals surface area contributed by atoms with Crippen molar-refractivity contribution < 1.29 is 18.3 Å². The summed E-state index contributed by atoms with van der Waals surface area (Å²) in [4.78, 5) is 0. The van der Waals surface area contributed by atoms with E-state index >= 15 is 0 Å². The van der Waals surface area contributed by atoms with E-state index in [0.717, 1.165) is 11.3 Å². The van der Waals surface area contributed by atoms with Crippen molar-refractivity contribution >= 4 is 0 Å². The van der Waals surface area contributed by atoms with Crippen LogP contribution in [0.1, 0.15) is 18.0 Å². The number of hydrogen-bond donors (Lipinski definition) is 1. The molecule has 96 valence electrons. The Morgan fingerprint density at radius 3 is 2.41 bits per heavy atom. The Bertz CT molecular complexity index is 317. The molecule has 0 aliphatic rings. The largest absolute Gasteiger partial charge is 0.497 e. The number of benzene rings is 1. The van der Waals surface area contributed by atoms with Gasteiger partial charge in [0, 0.05) is 12.6 Å². The zero-order chi connectivity index (χ0) is 12.7. The molecular formula is C12H17F2NO2. The predicted octanol–water partition coefficient (Wildman–Crippen LogP) is 2.37. The lowest BCUT2D eigenvalue weighted by molar-refractivity contribution is 0.0152. The summed E-state index contributed by atoms with van der Waals surface area (Å²) in [5, 5.41) is 0. The van der Waals surface area contributed by atoms with Gasteiger partial charge in [-0.1, -0.05) is 12.1 Å². The molecule has 0 amide bonds. The van der Waals surface area contributed by atoms with Crippen molar-refractivity contribution in [1.29, 1.82) is 0 Å². The van der Waals surface area contributed by atoms with Crippen LogP contribution in [0.25, 0.3) is 0 Å². The first-order valence-corrected chi connectivity index (χ1v) is 5.39. The van der Waals surface area contributed by atoms with Crippen LogP contribution < -0.4 is 10.5 Å². The summed E-state index contributed by atoms with van der Waals surface area (Å²) in [6.07, 6.45) is -1.91. The van der Waals surface area contributed by atoms with E-state index in [2.05, 4.69) is 0 Å². The maximum atomic E-state index is 11.8. The van der Waals surface area contributed by atoms with Crippen molar-refractivity contribution in [2.45, 2.75) is 18.9 Å². The first-order valence-electron chi connectivity index (χ1n) is 5.39. The van der Waals surface area contributed by atoms with Crippen molar-refractivity contribution in [3.05, 3.63) is 29.8 Å². The van der Waals surface area contributed by atoms with Gasteiger partial charge < -0.3 is 15.2 Å². The molecule has 0 aliphatic heterocycles. The fourth-order valence-corrected chi connectivity index (χ4v) is 1.40. The zero-order valence-electron chi connectivity index (χ0n) is 9.74. The van der Waals surface area contributed by atoms with Gasteiger partial charge in [0.05, 0.1) is 7.11 Å². The number of ether oxygens (including phenoxy) is 2. The molecule has 1 rings (SSSR count). The molecule has 1 aromatic carbocycles. The summed E-state index contributed by atoms with van der Waals surface area (Å²) < 4.78 is 33.4. The van der Waals surface area contributed by atoms with Gasteiger partial charge in [-0.05, 0) is 24.1 Å². The molecule has 0 radical (unpaired) electrons. The second kappa shape index (κ2) is 7.19. The van der Waals surface area contributed by atoms with Crippen LogP contribution >= 0.6 is 0 Å². The minimum Gasteiger partial charge on any atom is -0.497 e. The van der Waals surface area contributed by atoms with Gasteiger partial charge in [-0.3, -0.25) is 0 Å². The van der Waals surface area contributed by atoms with Crippen LogP contribution in [-0.2, 0) is 4.74 Å². The minimum absolute atomic E-state index is 0.210. The van der Waals surface area contributed by atoms with E-state index in [9.17, 15) is 8.78 Å². The lowest BCUT2D eigenvalue weighted by atomic mass is 10.1.